The van der Waals surface area contributed by atoms with E-state index in [9.17, 15) is 4.79 Å². The summed E-state index contributed by atoms with van der Waals surface area (Å²) in [5, 5.41) is 3.01. The SMILES string of the molecule is CCCCCC(C)(C)CNC(=O)CCC. The summed E-state index contributed by atoms with van der Waals surface area (Å²) < 4.78 is 0. The summed E-state index contributed by atoms with van der Waals surface area (Å²) in [6, 6.07) is 0. The van der Waals surface area contributed by atoms with Gasteiger partial charge in [-0.25, -0.2) is 0 Å². The highest BCUT2D eigenvalue weighted by Crippen LogP contribution is 2.22. The monoisotopic (exact) mass is 213 g/mol. The Morgan fingerprint density at radius 2 is 1.80 bits per heavy atom. The minimum atomic E-state index is 0.195. The van der Waals surface area contributed by atoms with E-state index in [1.54, 1.807) is 0 Å². The van der Waals surface area contributed by atoms with Crippen LogP contribution in [0.2, 0.25) is 0 Å². The van der Waals surface area contributed by atoms with Gasteiger partial charge in [0.25, 0.3) is 0 Å². The van der Waals surface area contributed by atoms with Crippen LogP contribution in [0, 0.1) is 5.41 Å². The molecule has 0 saturated carbocycles. The van der Waals surface area contributed by atoms with Gasteiger partial charge in [0.15, 0.2) is 0 Å². The van der Waals surface area contributed by atoms with Gasteiger partial charge in [-0.2, -0.15) is 0 Å². The standard InChI is InChI=1S/C13H27NO/c1-5-7-8-10-13(3,4)11-14-12(15)9-6-2/h5-11H2,1-4H3,(H,14,15). The molecule has 0 aliphatic heterocycles. The summed E-state index contributed by atoms with van der Waals surface area (Å²) in [5.74, 6) is 0.195. The largest absolute Gasteiger partial charge is 0.356 e. The molecule has 0 aromatic carbocycles. The lowest BCUT2D eigenvalue weighted by molar-refractivity contribution is -0.121. The minimum absolute atomic E-state index is 0.195. The van der Waals surface area contributed by atoms with Gasteiger partial charge in [0.1, 0.15) is 0 Å². The first-order valence-corrected chi connectivity index (χ1v) is 6.28. The lowest BCUT2D eigenvalue weighted by atomic mass is 9.87. The molecule has 0 bridgehead atoms. The fourth-order valence-corrected chi connectivity index (χ4v) is 1.60. The third-order valence-electron chi connectivity index (χ3n) is 2.70. The number of carbonyl (C=O) groups is 1. The van der Waals surface area contributed by atoms with Crippen LogP contribution < -0.4 is 5.32 Å². The molecule has 0 aliphatic rings. The van der Waals surface area contributed by atoms with Gasteiger partial charge in [-0.05, 0) is 18.3 Å². The van der Waals surface area contributed by atoms with E-state index in [4.69, 9.17) is 0 Å². The van der Waals surface area contributed by atoms with Crippen molar-refractivity contribution in [2.75, 3.05) is 6.54 Å². The van der Waals surface area contributed by atoms with E-state index >= 15 is 0 Å². The third-order valence-corrected chi connectivity index (χ3v) is 2.70. The number of hydrogen-bond acceptors (Lipinski definition) is 1. The van der Waals surface area contributed by atoms with Crippen LogP contribution in [0.3, 0.4) is 0 Å². The zero-order valence-electron chi connectivity index (χ0n) is 10.9. The summed E-state index contributed by atoms with van der Waals surface area (Å²) in [6.45, 7) is 9.53. The molecule has 15 heavy (non-hydrogen) atoms. The van der Waals surface area contributed by atoms with Gasteiger partial charge in [-0.1, -0.05) is 47.0 Å². The first-order valence-electron chi connectivity index (χ1n) is 6.28. The Hall–Kier alpha value is -0.530. The molecule has 0 heterocycles. The summed E-state index contributed by atoms with van der Waals surface area (Å²) >= 11 is 0. The van der Waals surface area contributed by atoms with Crippen LogP contribution in [0.25, 0.3) is 0 Å². The molecule has 0 radical (unpaired) electrons. The second-order valence-electron chi connectivity index (χ2n) is 5.15. The van der Waals surface area contributed by atoms with E-state index in [-0.39, 0.29) is 11.3 Å². The highest BCUT2D eigenvalue weighted by Gasteiger charge is 2.17. The van der Waals surface area contributed by atoms with Gasteiger partial charge < -0.3 is 5.32 Å². The van der Waals surface area contributed by atoms with Crippen LogP contribution in [0.5, 0.6) is 0 Å². The molecule has 0 rings (SSSR count). The third kappa shape index (κ3) is 8.46. The smallest absolute Gasteiger partial charge is 0.220 e. The van der Waals surface area contributed by atoms with Gasteiger partial charge in [-0.15, -0.1) is 0 Å². The molecule has 0 aliphatic carbocycles. The van der Waals surface area contributed by atoms with E-state index in [1.165, 1.54) is 25.7 Å². The first-order chi connectivity index (χ1) is 7.02. The van der Waals surface area contributed by atoms with Crippen molar-refractivity contribution in [3.63, 3.8) is 0 Å². The molecular weight excluding hydrogens is 186 g/mol. The number of amides is 1. The van der Waals surface area contributed by atoms with Crippen LogP contribution in [0.1, 0.15) is 66.2 Å². The molecule has 0 fully saturated rings. The Balaban J connectivity index is 3.67. The van der Waals surface area contributed by atoms with Crippen molar-refractivity contribution in [3.05, 3.63) is 0 Å². The lowest BCUT2D eigenvalue weighted by Crippen LogP contribution is -2.33. The fraction of sp³-hybridized carbons (Fsp3) is 0.923. The van der Waals surface area contributed by atoms with Gasteiger partial charge >= 0.3 is 0 Å². The maximum Gasteiger partial charge on any atom is 0.220 e. The van der Waals surface area contributed by atoms with Crippen LogP contribution in [-0.4, -0.2) is 12.5 Å². The molecular formula is C13H27NO. The Morgan fingerprint density at radius 3 is 2.33 bits per heavy atom. The quantitative estimate of drug-likeness (QED) is 0.614. The summed E-state index contributed by atoms with van der Waals surface area (Å²) in [4.78, 5) is 11.3. The van der Waals surface area contributed by atoms with Crippen LogP contribution in [0.4, 0.5) is 0 Å². The molecule has 0 unspecified atom stereocenters. The van der Waals surface area contributed by atoms with Crippen LogP contribution in [0.15, 0.2) is 0 Å². The maximum atomic E-state index is 11.3. The maximum absolute atomic E-state index is 11.3. The van der Waals surface area contributed by atoms with E-state index in [1.807, 2.05) is 6.92 Å². The molecule has 90 valence electrons. The summed E-state index contributed by atoms with van der Waals surface area (Å²) in [5.41, 5.74) is 0.249. The van der Waals surface area contributed by atoms with Crippen molar-refractivity contribution in [2.45, 2.75) is 66.2 Å². The number of carbonyl (C=O) groups excluding carboxylic acids is 1. The van der Waals surface area contributed by atoms with Crippen molar-refractivity contribution in [1.29, 1.82) is 0 Å². The second-order valence-corrected chi connectivity index (χ2v) is 5.15. The Kier molecular flexibility index (Phi) is 7.45. The Bertz CT molecular complexity index is 175. The molecule has 0 aromatic heterocycles. The van der Waals surface area contributed by atoms with Gasteiger partial charge in [0, 0.05) is 13.0 Å². The van der Waals surface area contributed by atoms with E-state index in [0.29, 0.717) is 6.42 Å². The molecule has 0 atom stereocenters. The summed E-state index contributed by atoms with van der Waals surface area (Å²) in [7, 11) is 0. The average Bonchev–Trinajstić information content (AvgIpc) is 2.16. The molecule has 2 heteroatoms. The van der Waals surface area contributed by atoms with E-state index < -0.39 is 0 Å². The normalized spacial score (nSPS) is 11.5. The molecule has 0 aromatic rings. The highest BCUT2D eigenvalue weighted by atomic mass is 16.1. The zero-order chi connectivity index (χ0) is 11.7. The van der Waals surface area contributed by atoms with Gasteiger partial charge in [0.05, 0.1) is 0 Å². The second kappa shape index (κ2) is 7.72. The lowest BCUT2D eigenvalue weighted by Gasteiger charge is -2.24. The number of nitrogens with one attached hydrogen (secondary N) is 1. The topological polar surface area (TPSA) is 29.1 Å². The summed E-state index contributed by atoms with van der Waals surface area (Å²) in [6.07, 6.45) is 6.62. The fourth-order valence-electron chi connectivity index (χ4n) is 1.60. The highest BCUT2D eigenvalue weighted by molar-refractivity contribution is 5.75. The van der Waals surface area contributed by atoms with Crippen molar-refractivity contribution in [1.82, 2.24) is 5.32 Å². The number of unbranched alkanes of at least 4 members (excludes halogenated alkanes) is 2. The van der Waals surface area contributed by atoms with Crippen molar-refractivity contribution in [3.8, 4) is 0 Å². The molecule has 0 spiro atoms. The van der Waals surface area contributed by atoms with E-state index in [2.05, 4.69) is 26.1 Å². The minimum Gasteiger partial charge on any atom is -0.356 e. The van der Waals surface area contributed by atoms with E-state index in [0.717, 1.165) is 13.0 Å². The van der Waals surface area contributed by atoms with Gasteiger partial charge in [-0.3, -0.25) is 4.79 Å². The average molecular weight is 213 g/mol. The molecule has 2 nitrogen and oxygen atoms in total. The number of hydrogen-bond donors (Lipinski definition) is 1. The van der Waals surface area contributed by atoms with Crippen LogP contribution >= 0.6 is 0 Å². The molecule has 1 amide bonds. The van der Waals surface area contributed by atoms with Crippen LogP contribution in [-0.2, 0) is 4.79 Å². The predicted octanol–water partition coefficient (Wildman–Crippen LogP) is 3.51. The van der Waals surface area contributed by atoms with Crippen molar-refractivity contribution < 1.29 is 4.79 Å². The molecule has 1 N–H and O–H groups in total. The van der Waals surface area contributed by atoms with Crippen molar-refractivity contribution >= 4 is 5.91 Å². The zero-order valence-corrected chi connectivity index (χ0v) is 10.9. The number of rotatable bonds is 8. The van der Waals surface area contributed by atoms with Crippen molar-refractivity contribution in [2.24, 2.45) is 5.41 Å². The Morgan fingerprint density at radius 1 is 1.13 bits per heavy atom. The first kappa shape index (κ1) is 14.5. The molecule has 0 saturated heterocycles. The van der Waals surface area contributed by atoms with Gasteiger partial charge in [0.2, 0.25) is 5.91 Å². The predicted molar refractivity (Wildman–Crippen MR) is 65.8 cm³/mol. The Labute approximate surface area is 94.8 Å².